The van der Waals surface area contributed by atoms with Crippen LogP contribution in [0.2, 0.25) is 0 Å². The molecule has 1 aliphatic rings. The van der Waals surface area contributed by atoms with Gasteiger partial charge in [0.2, 0.25) is 0 Å². The van der Waals surface area contributed by atoms with Crippen LogP contribution in [0.15, 0.2) is 22.5 Å². The molecule has 0 unspecified atom stereocenters. The van der Waals surface area contributed by atoms with Crippen molar-refractivity contribution >= 4 is 41.3 Å². The number of hydrogen-bond donors (Lipinski definition) is 2. The molecule has 0 aliphatic heterocycles. The fourth-order valence-electron chi connectivity index (χ4n) is 2.67. The Morgan fingerprint density at radius 3 is 2.91 bits per heavy atom. The molecule has 22 heavy (non-hydrogen) atoms. The first-order valence-electron chi connectivity index (χ1n) is 7.88. The molecule has 1 fully saturated rings. The van der Waals surface area contributed by atoms with E-state index in [-0.39, 0.29) is 24.0 Å². The van der Waals surface area contributed by atoms with Gasteiger partial charge in [0.15, 0.2) is 5.96 Å². The Labute approximate surface area is 154 Å². The largest absolute Gasteiger partial charge is 0.382 e. The number of nitrogens with zero attached hydrogens (tertiary/aromatic N) is 1. The lowest BCUT2D eigenvalue weighted by Crippen LogP contribution is -2.38. The summed E-state index contributed by atoms with van der Waals surface area (Å²) in [5, 5.41) is 5.31. The zero-order valence-electron chi connectivity index (χ0n) is 13.3. The van der Waals surface area contributed by atoms with Crippen molar-refractivity contribution in [2.24, 2.45) is 16.1 Å². The van der Waals surface area contributed by atoms with E-state index in [1.54, 1.807) is 11.3 Å². The van der Waals surface area contributed by atoms with Gasteiger partial charge < -0.3 is 15.8 Å². The van der Waals surface area contributed by atoms with Gasteiger partial charge in [0.1, 0.15) is 0 Å². The minimum Gasteiger partial charge on any atom is -0.382 e. The lowest BCUT2D eigenvalue weighted by Gasteiger charge is -2.40. The molecule has 126 valence electrons. The molecule has 6 heteroatoms. The summed E-state index contributed by atoms with van der Waals surface area (Å²) in [6.45, 7) is 5.37. The van der Waals surface area contributed by atoms with Gasteiger partial charge in [0, 0.05) is 31.2 Å². The summed E-state index contributed by atoms with van der Waals surface area (Å²) >= 11 is 1.78. The molecule has 1 aromatic rings. The molecule has 0 saturated heterocycles. The monoisotopic (exact) mass is 437 g/mol. The Morgan fingerprint density at radius 2 is 2.32 bits per heavy atom. The van der Waals surface area contributed by atoms with Gasteiger partial charge in [0.25, 0.3) is 0 Å². The van der Waals surface area contributed by atoms with E-state index in [1.165, 1.54) is 24.1 Å². The van der Waals surface area contributed by atoms with Gasteiger partial charge in [-0.3, -0.25) is 4.99 Å². The zero-order valence-corrected chi connectivity index (χ0v) is 16.5. The van der Waals surface area contributed by atoms with Crippen molar-refractivity contribution in [1.82, 2.24) is 5.32 Å². The van der Waals surface area contributed by atoms with Crippen LogP contribution >= 0.6 is 35.3 Å². The second-order valence-corrected chi connectivity index (χ2v) is 6.79. The summed E-state index contributed by atoms with van der Waals surface area (Å²) in [5.74, 6) is 0.578. The molecule has 0 spiro atoms. The van der Waals surface area contributed by atoms with Crippen LogP contribution in [0.4, 0.5) is 0 Å². The molecule has 1 heterocycles. The van der Waals surface area contributed by atoms with Crippen molar-refractivity contribution in [3.8, 4) is 0 Å². The lowest BCUT2D eigenvalue weighted by molar-refractivity contribution is 0.0609. The van der Waals surface area contributed by atoms with Crippen molar-refractivity contribution in [2.75, 3.05) is 26.3 Å². The van der Waals surface area contributed by atoms with E-state index < -0.39 is 0 Å². The van der Waals surface area contributed by atoms with Crippen molar-refractivity contribution in [1.29, 1.82) is 0 Å². The summed E-state index contributed by atoms with van der Waals surface area (Å²) in [5.41, 5.74) is 6.31. The third-order valence-electron chi connectivity index (χ3n) is 4.24. The second-order valence-electron chi connectivity index (χ2n) is 5.76. The normalized spacial score (nSPS) is 16.7. The van der Waals surface area contributed by atoms with Crippen LogP contribution < -0.4 is 11.1 Å². The fourth-order valence-corrected chi connectivity index (χ4v) is 3.38. The predicted molar refractivity (Wildman–Crippen MR) is 105 cm³/mol. The van der Waals surface area contributed by atoms with Crippen LogP contribution in [0.5, 0.6) is 0 Å². The summed E-state index contributed by atoms with van der Waals surface area (Å²) in [6, 6.07) is 4.23. The van der Waals surface area contributed by atoms with Crippen molar-refractivity contribution in [2.45, 2.75) is 39.0 Å². The van der Waals surface area contributed by atoms with Gasteiger partial charge >= 0.3 is 0 Å². The first-order valence-corrected chi connectivity index (χ1v) is 8.76. The number of rotatable bonds is 9. The Kier molecular flexibility index (Phi) is 9.35. The number of ether oxygens (including phenoxy) is 1. The maximum absolute atomic E-state index is 5.97. The van der Waals surface area contributed by atoms with Crippen LogP contribution in [-0.4, -0.2) is 32.3 Å². The van der Waals surface area contributed by atoms with E-state index in [2.05, 4.69) is 27.8 Å². The van der Waals surface area contributed by atoms with E-state index >= 15 is 0 Å². The lowest BCUT2D eigenvalue weighted by atomic mass is 9.67. The summed E-state index contributed by atoms with van der Waals surface area (Å²) in [7, 11) is 0. The minimum atomic E-state index is 0. The van der Waals surface area contributed by atoms with E-state index in [9.17, 15) is 0 Å². The zero-order chi connectivity index (χ0) is 15.0. The van der Waals surface area contributed by atoms with Crippen LogP contribution in [0.1, 0.15) is 37.5 Å². The third-order valence-corrected chi connectivity index (χ3v) is 5.17. The van der Waals surface area contributed by atoms with Gasteiger partial charge in [0.05, 0.1) is 0 Å². The number of thiophene rings is 1. The molecule has 0 radical (unpaired) electrons. The van der Waals surface area contributed by atoms with Crippen LogP contribution in [0.25, 0.3) is 0 Å². The highest BCUT2D eigenvalue weighted by molar-refractivity contribution is 14.0. The van der Waals surface area contributed by atoms with Gasteiger partial charge in [-0.25, -0.2) is 0 Å². The highest BCUT2D eigenvalue weighted by Gasteiger charge is 2.36. The van der Waals surface area contributed by atoms with Crippen LogP contribution in [-0.2, 0) is 11.2 Å². The van der Waals surface area contributed by atoms with Crippen molar-refractivity contribution in [3.05, 3.63) is 22.4 Å². The summed E-state index contributed by atoms with van der Waals surface area (Å²) < 4.78 is 5.48. The Morgan fingerprint density at radius 1 is 1.50 bits per heavy atom. The Balaban J connectivity index is 0.00000242. The highest BCUT2D eigenvalue weighted by atomic mass is 127. The van der Waals surface area contributed by atoms with Gasteiger partial charge in [-0.15, -0.1) is 35.3 Å². The molecular weight excluding hydrogens is 409 g/mol. The second kappa shape index (κ2) is 10.4. The van der Waals surface area contributed by atoms with Gasteiger partial charge in [-0.1, -0.05) is 12.5 Å². The number of hydrogen-bond acceptors (Lipinski definition) is 3. The van der Waals surface area contributed by atoms with E-state index in [1.807, 2.05) is 6.92 Å². The topological polar surface area (TPSA) is 59.6 Å². The first-order chi connectivity index (χ1) is 10.2. The smallest absolute Gasteiger partial charge is 0.188 e. The van der Waals surface area contributed by atoms with E-state index in [0.29, 0.717) is 11.4 Å². The minimum absolute atomic E-state index is 0. The molecule has 1 aliphatic carbocycles. The number of aliphatic imine (C=N–C) groups is 1. The maximum atomic E-state index is 5.97. The fraction of sp³-hybridized carbons (Fsp3) is 0.688. The predicted octanol–water partition coefficient (Wildman–Crippen LogP) is 3.41. The Hall–Kier alpha value is -0.340. The Bertz CT molecular complexity index is 433. The quantitative estimate of drug-likeness (QED) is 0.270. The molecular formula is C16H28IN3OS. The maximum Gasteiger partial charge on any atom is 0.188 e. The molecule has 0 bridgehead atoms. The number of nitrogens with two attached hydrogens (primary N) is 1. The summed E-state index contributed by atoms with van der Waals surface area (Å²) in [6.07, 6.45) is 5.93. The molecule has 0 amide bonds. The molecule has 3 N–H and O–H groups in total. The van der Waals surface area contributed by atoms with Gasteiger partial charge in [-0.05, 0) is 49.5 Å². The van der Waals surface area contributed by atoms with Gasteiger partial charge in [-0.2, -0.15) is 0 Å². The van der Waals surface area contributed by atoms with Crippen LogP contribution in [0, 0.1) is 5.41 Å². The average Bonchev–Trinajstić information content (AvgIpc) is 2.94. The van der Waals surface area contributed by atoms with E-state index in [4.69, 9.17) is 10.5 Å². The average molecular weight is 437 g/mol. The standard InChI is InChI=1S/C16H27N3OS.HI/c1-2-20-11-9-16(7-4-8-16)13-19-15(17)18-10-6-14-5-3-12-21-14;/h3,5,12H,2,4,6-11,13H2,1H3,(H3,17,18,19);1H. The first kappa shape index (κ1) is 19.7. The molecule has 0 atom stereocenters. The number of halogens is 1. The molecule has 2 rings (SSSR count). The summed E-state index contributed by atoms with van der Waals surface area (Å²) in [4.78, 5) is 5.92. The van der Waals surface area contributed by atoms with E-state index in [0.717, 1.165) is 39.1 Å². The SMILES string of the molecule is CCOCCC1(CN=C(N)NCCc2cccs2)CCC1.I. The molecule has 0 aromatic carbocycles. The molecule has 1 aromatic heterocycles. The molecule has 1 saturated carbocycles. The highest BCUT2D eigenvalue weighted by Crippen LogP contribution is 2.44. The number of guanidine groups is 1. The number of nitrogens with one attached hydrogen (secondary N) is 1. The van der Waals surface area contributed by atoms with Crippen molar-refractivity contribution < 1.29 is 4.74 Å². The molecule has 4 nitrogen and oxygen atoms in total. The van der Waals surface area contributed by atoms with Crippen molar-refractivity contribution in [3.63, 3.8) is 0 Å². The third kappa shape index (κ3) is 6.42. The van der Waals surface area contributed by atoms with Crippen LogP contribution in [0.3, 0.4) is 0 Å².